The van der Waals surface area contributed by atoms with Crippen LogP contribution in [0.25, 0.3) is 0 Å². The summed E-state index contributed by atoms with van der Waals surface area (Å²) in [6.45, 7) is 4.11. The Morgan fingerprint density at radius 1 is 1.33 bits per heavy atom. The van der Waals surface area contributed by atoms with Gasteiger partial charge in [0.25, 0.3) is 5.91 Å². The lowest BCUT2D eigenvalue weighted by molar-refractivity contribution is -0.181. The number of aromatic nitrogens is 2. The Kier molecular flexibility index (Phi) is 5.27. The van der Waals surface area contributed by atoms with E-state index in [0.29, 0.717) is 50.8 Å². The highest BCUT2D eigenvalue weighted by Gasteiger charge is 2.41. The molecular weight excluding hydrogens is 310 g/mol. The van der Waals surface area contributed by atoms with E-state index in [2.05, 4.69) is 20.2 Å². The normalized spacial score (nSPS) is 19.9. The molecule has 0 aromatic carbocycles. The van der Waals surface area contributed by atoms with E-state index in [1.807, 2.05) is 19.0 Å². The lowest BCUT2D eigenvalue weighted by Crippen LogP contribution is -2.47. The Labute approximate surface area is 142 Å². The summed E-state index contributed by atoms with van der Waals surface area (Å²) >= 11 is 0. The lowest BCUT2D eigenvalue weighted by Gasteiger charge is -2.37. The van der Waals surface area contributed by atoms with Crippen LogP contribution in [0.2, 0.25) is 0 Å². The van der Waals surface area contributed by atoms with E-state index >= 15 is 0 Å². The highest BCUT2D eigenvalue weighted by molar-refractivity contribution is 5.92. The minimum atomic E-state index is -0.471. The first kappa shape index (κ1) is 17.1. The number of anilines is 1. The molecule has 1 amide bonds. The number of carbonyl (C=O) groups excluding carboxylic acids is 1. The number of likely N-dealkylation sites (tertiary alicyclic amines) is 1. The molecule has 2 fully saturated rings. The van der Waals surface area contributed by atoms with Gasteiger partial charge in [0, 0.05) is 45.2 Å². The summed E-state index contributed by atoms with van der Waals surface area (Å²) in [4.78, 5) is 25.0. The number of rotatable bonds is 5. The Balaban J connectivity index is 1.57. The maximum absolute atomic E-state index is 12.7. The quantitative estimate of drug-likeness (QED) is 0.836. The fourth-order valence-corrected chi connectivity index (χ4v) is 2.95. The molecule has 0 bridgehead atoms. The molecule has 3 rings (SSSR count). The maximum Gasteiger partial charge on any atom is 0.272 e. The van der Waals surface area contributed by atoms with E-state index in [1.165, 1.54) is 0 Å². The van der Waals surface area contributed by atoms with E-state index in [1.54, 1.807) is 12.3 Å². The van der Waals surface area contributed by atoms with Crippen molar-refractivity contribution < 1.29 is 14.3 Å². The second-order valence-electron chi connectivity index (χ2n) is 6.40. The molecule has 2 saturated heterocycles. The van der Waals surface area contributed by atoms with Crippen molar-refractivity contribution in [3.63, 3.8) is 0 Å². The molecule has 0 atom stereocenters. The molecule has 2 aliphatic rings. The van der Waals surface area contributed by atoms with E-state index < -0.39 is 5.79 Å². The highest BCUT2D eigenvalue weighted by Crippen LogP contribution is 2.31. The van der Waals surface area contributed by atoms with Crippen molar-refractivity contribution in [2.45, 2.75) is 18.6 Å². The number of ether oxygens (including phenoxy) is 2. The van der Waals surface area contributed by atoms with Crippen LogP contribution >= 0.6 is 0 Å². The molecule has 8 nitrogen and oxygen atoms in total. The standard InChI is InChI=1S/C16H25N5O3/c1-20(2)10-7-18-15-17-6-3-13(19-15)14(22)21-8-4-16(5-9-21)23-11-12-24-16/h3,6H,4-5,7-12H2,1-2H3,(H,17,18,19). The first-order valence-electron chi connectivity index (χ1n) is 8.37. The number of piperidine rings is 1. The second-order valence-corrected chi connectivity index (χ2v) is 6.40. The zero-order chi connectivity index (χ0) is 17.0. The van der Waals surface area contributed by atoms with Crippen molar-refractivity contribution in [1.82, 2.24) is 19.8 Å². The summed E-state index contributed by atoms with van der Waals surface area (Å²) in [5, 5.41) is 3.14. The molecular formula is C16H25N5O3. The van der Waals surface area contributed by atoms with Crippen LogP contribution in [0.15, 0.2) is 12.3 Å². The number of hydrogen-bond donors (Lipinski definition) is 1. The fourth-order valence-electron chi connectivity index (χ4n) is 2.95. The van der Waals surface area contributed by atoms with Crippen molar-refractivity contribution in [2.24, 2.45) is 0 Å². The van der Waals surface area contributed by atoms with Gasteiger partial charge in [0.15, 0.2) is 5.79 Å². The zero-order valence-electron chi connectivity index (χ0n) is 14.3. The molecule has 0 saturated carbocycles. The van der Waals surface area contributed by atoms with Crippen LogP contribution in [-0.4, -0.2) is 85.0 Å². The molecule has 3 heterocycles. The number of hydrogen-bond acceptors (Lipinski definition) is 7. The molecule has 1 aromatic rings. The fraction of sp³-hybridized carbons (Fsp3) is 0.688. The van der Waals surface area contributed by atoms with Gasteiger partial charge in [-0.05, 0) is 20.2 Å². The molecule has 24 heavy (non-hydrogen) atoms. The predicted molar refractivity (Wildman–Crippen MR) is 88.8 cm³/mol. The zero-order valence-corrected chi connectivity index (χ0v) is 14.3. The smallest absolute Gasteiger partial charge is 0.272 e. The van der Waals surface area contributed by atoms with Crippen LogP contribution < -0.4 is 5.32 Å². The molecule has 0 radical (unpaired) electrons. The summed E-state index contributed by atoms with van der Waals surface area (Å²) in [7, 11) is 4.01. The van der Waals surface area contributed by atoms with E-state index in [-0.39, 0.29) is 5.91 Å². The average Bonchev–Trinajstić information content (AvgIpc) is 3.03. The van der Waals surface area contributed by atoms with Crippen molar-refractivity contribution in [2.75, 3.05) is 58.8 Å². The van der Waals surface area contributed by atoms with Crippen molar-refractivity contribution in [3.8, 4) is 0 Å². The predicted octanol–water partition coefficient (Wildman–Crippen LogP) is 0.429. The Hall–Kier alpha value is -1.77. The van der Waals surface area contributed by atoms with Gasteiger partial charge in [-0.2, -0.15) is 0 Å². The maximum atomic E-state index is 12.7. The number of likely N-dealkylation sites (N-methyl/N-ethyl adjacent to an activating group) is 1. The van der Waals surface area contributed by atoms with Crippen LogP contribution in [-0.2, 0) is 9.47 Å². The topological polar surface area (TPSA) is 79.8 Å². The second kappa shape index (κ2) is 7.42. The lowest BCUT2D eigenvalue weighted by atomic mass is 10.0. The van der Waals surface area contributed by atoms with E-state index in [0.717, 1.165) is 13.1 Å². The van der Waals surface area contributed by atoms with E-state index in [9.17, 15) is 4.79 Å². The molecule has 0 unspecified atom stereocenters. The first-order valence-corrected chi connectivity index (χ1v) is 8.37. The monoisotopic (exact) mass is 335 g/mol. The van der Waals surface area contributed by atoms with Crippen LogP contribution in [0.4, 0.5) is 5.95 Å². The SMILES string of the molecule is CN(C)CCNc1nccc(C(=O)N2CCC3(CC2)OCCO3)n1. The van der Waals surface area contributed by atoms with Crippen LogP contribution in [0, 0.1) is 0 Å². The van der Waals surface area contributed by atoms with Crippen LogP contribution in [0.5, 0.6) is 0 Å². The first-order chi connectivity index (χ1) is 11.6. The molecule has 8 heteroatoms. The molecule has 1 spiro atoms. The number of nitrogens with zero attached hydrogens (tertiary/aromatic N) is 4. The minimum Gasteiger partial charge on any atom is -0.353 e. The van der Waals surface area contributed by atoms with Gasteiger partial charge in [-0.3, -0.25) is 4.79 Å². The van der Waals surface area contributed by atoms with Gasteiger partial charge >= 0.3 is 0 Å². The van der Waals surface area contributed by atoms with Gasteiger partial charge in [0.2, 0.25) is 5.95 Å². The molecule has 1 N–H and O–H groups in total. The number of carbonyl (C=O) groups is 1. The van der Waals surface area contributed by atoms with Crippen molar-refractivity contribution >= 4 is 11.9 Å². The average molecular weight is 335 g/mol. The summed E-state index contributed by atoms with van der Waals surface area (Å²) in [5.41, 5.74) is 0.418. The Morgan fingerprint density at radius 3 is 2.71 bits per heavy atom. The highest BCUT2D eigenvalue weighted by atomic mass is 16.7. The van der Waals surface area contributed by atoms with E-state index in [4.69, 9.17) is 9.47 Å². The molecule has 2 aliphatic heterocycles. The van der Waals surface area contributed by atoms with Crippen molar-refractivity contribution in [3.05, 3.63) is 18.0 Å². The molecule has 1 aromatic heterocycles. The molecule has 0 aliphatic carbocycles. The number of amides is 1. The Bertz CT molecular complexity index is 565. The summed E-state index contributed by atoms with van der Waals surface area (Å²) in [6.07, 6.45) is 3.03. The third-order valence-corrected chi connectivity index (χ3v) is 4.34. The minimum absolute atomic E-state index is 0.0686. The van der Waals surface area contributed by atoms with Gasteiger partial charge in [0.05, 0.1) is 13.2 Å². The number of nitrogens with one attached hydrogen (secondary N) is 1. The third-order valence-electron chi connectivity index (χ3n) is 4.34. The van der Waals surface area contributed by atoms with Gasteiger partial charge < -0.3 is 24.6 Å². The molecule has 132 valence electrons. The third kappa shape index (κ3) is 4.00. The van der Waals surface area contributed by atoms with Gasteiger partial charge in [-0.1, -0.05) is 0 Å². The van der Waals surface area contributed by atoms with Gasteiger partial charge in [-0.15, -0.1) is 0 Å². The van der Waals surface area contributed by atoms with Crippen LogP contribution in [0.1, 0.15) is 23.3 Å². The summed E-state index contributed by atoms with van der Waals surface area (Å²) in [6, 6.07) is 1.66. The largest absolute Gasteiger partial charge is 0.353 e. The summed E-state index contributed by atoms with van der Waals surface area (Å²) in [5.74, 6) is -0.0546. The summed E-state index contributed by atoms with van der Waals surface area (Å²) < 4.78 is 11.4. The van der Waals surface area contributed by atoms with Gasteiger partial charge in [-0.25, -0.2) is 9.97 Å². The Morgan fingerprint density at radius 2 is 2.04 bits per heavy atom. The van der Waals surface area contributed by atoms with Gasteiger partial charge in [0.1, 0.15) is 5.69 Å². The van der Waals surface area contributed by atoms with Crippen molar-refractivity contribution in [1.29, 1.82) is 0 Å². The van der Waals surface area contributed by atoms with Crippen LogP contribution in [0.3, 0.4) is 0 Å².